The molecule has 150 valence electrons. The standard InChI is InChI=1S/C22H24N4O3/c1-14-8-16-9-15(6-7-20(16)24-14)12-23-22(28)25-17-10-21(27)26(13-17)18-4-3-5-19(11-18)29-2/h3-9,11,17,24H,10,12-13H2,1-2H3,(H2,23,25,28). The summed E-state index contributed by atoms with van der Waals surface area (Å²) in [5.41, 5.74) is 3.98. The number of fused-ring (bicyclic) bond motifs is 1. The van der Waals surface area contributed by atoms with Gasteiger partial charge in [0.05, 0.1) is 13.2 Å². The van der Waals surface area contributed by atoms with Gasteiger partial charge in [0.25, 0.3) is 0 Å². The molecule has 4 rings (SSSR count). The van der Waals surface area contributed by atoms with Crippen LogP contribution in [0.5, 0.6) is 5.75 Å². The van der Waals surface area contributed by atoms with Crippen molar-refractivity contribution in [1.29, 1.82) is 0 Å². The number of hydrogen-bond acceptors (Lipinski definition) is 3. The Balaban J connectivity index is 1.33. The highest BCUT2D eigenvalue weighted by molar-refractivity contribution is 5.97. The van der Waals surface area contributed by atoms with E-state index in [1.165, 1.54) is 0 Å². The second kappa shape index (κ2) is 7.87. The zero-order valence-electron chi connectivity index (χ0n) is 16.5. The van der Waals surface area contributed by atoms with E-state index >= 15 is 0 Å². The van der Waals surface area contributed by atoms with Crippen molar-refractivity contribution in [2.45, 2.75) is 25.9 Å². The maximum atomic E-state index is 12.4. The Labute approximate surface area is 169 Å². The average Bonchev–Trinajstić information content (AvgIpc) is 3.27. The maximum absolute atomic E-state index is 12.4. The second-order valence-corrected chi connectivity index (χ2v) is 7.31. The number of carbonyl (C=O) groups excluding carboxylic acids is 2. The van der Waals surface area contributed by atoms with Crippen LogP contribution in [0, 0.1) is 6.92 Å². The van der Waals surface area contributed by atoms with Crippen molar-refractivity contribution in [2.24, 2.45) is 0 Å². The zero-order chi connectivity index (χ0) is 20.4. The molecular weight excluding hydrogens is 368 g/mol. The van der Waals surface area contributed by atoms with E-state index in [2.05, 4.69) is 27.8 Å². The van der Waals surface area contributed by atoms with Crippen LogP contribution in [-0.4, -0.2) is 36.6 Å². The van der Waals surface area contributed by atoms with Crippen LogP contribution in [0.3, 0.4) is 0 Å². The van der Waals surface area contributed by atoms with Gasteiger partial charge in [-0.2, -0.15) is 0 Å². The van der Waals surface area contributed by atoms with Gasteiger partial charge in [-0.1, -0.05) is 12.1 Å². The number of rotatable bonds is 5. The normalized spacial score (nSPS) is 16.3. The lowest BCUT2D eigenvalue weighted by molar-refractivity contribution is -0.117. The fourth-order valence-corrected chi connectivity index (χ4v) is 3.69. The van der Waals surface area contributed by atoms with E-state index in [4.69, 9.17) is 4.74 Å². The molecule has 1 aliphatic rings. The Morgan fingerprint density at radius 3 is 2.93 bits per heavy atom. The Hall–Kier alpha value is -3.48. The van der Waals surface area contributed by atoms with Crippen LogP contribution in [0.15, 0.2) is 48.5 Å². The minimum atomic E-state index is -0.277. The SMILES string of the molecule is COc1cccc(N2CC(NC(=O)NCc3ccc4[nH]c(C)cc4c3)CC2=O)c1. The van der Waals surface area contributed by atoms with E-state index in [9.17, 15) is 9.59 Å². The van der Waals surface area contributed by atoms with E-state index in [1.807, 2.05) is 43.3 Å². The van der Waals surface area contributed by atoms with E-state index in [0.29, 0.717) is 18.8 Å². The first-order valence-electron chi connectivity index (χ1n) is 9.59. The Morgan fingerprint density at radius 1 is 1.24 bits per heavy atom. The smallest absolute Gasteiger partial charge is 0.315 e. The number of nitrogens with one attached hydrogen (secondary N) is 3. The first-order valence-corrected chi connectivity index (χ1v) is 9.59. The third kappa shape index (κ3) is 4.18. The molecule has 3 N–H and O–H groups in total. The number of aromatic amines is 1. The summed E-state index contributed by atoms with van der Waals surface area (Å²) in [4.78, 5) is 29.7. The summed E-state index contributed by atoms with van der Waals surface area (Å²) in [6.07, 6.45) is 0.277. The minimum Gasteiger partial charge on any atom is -0.497 e. The topological polar surface area (TPSA) is 86.5 Å². The number of ether oxygens (including phenoxy) is 1. The van der Waals surface area contributed by atoms with Crippen molar-refractivity contribution in [2.75, 3.05) is 18.6 Å². The number of H-pyrrole nitrogens is 1. The van der Waals surface area contributed by atoms with E-state index in [-0.39, 0.29) is 24.4 Å². The van der Waals surface area contributed by atoms with Crippen molar-refractivity contribution in [3.8, 4) is 5.75 Å². The van der Waals surface area contributed by atoms with Gasteiger partial charge in [-0.15, -0.1) is 0 Å². The van der Waals surface area contributed by atoms with E-state index in [1.54, 1.807) is 12.0 Å². The Bertz CT molecular complexity index is 1060. The molecule has 3 aromatic rings. The summed E-state index contributed by atoms with van der Waals surface area (Å²) in [6.45, 7) is 2.88. The molecule has 0 aliphatic carbocycles. The highest BCUT2D eigenvalue weighted by Crippen LogP contribution is 2.25. The maximum Gasteiger partial charge on any atom is 0.315 e. The number of aromatic nitrogens is 1. The molecule has 3 amide bonds. The van der Waals surface area contributed by atoms with Crippen LogP contribution in [0.2, 0.25) is 0 Å². The van der Waals surface area contributed by atoms with Gasteiger partial charge in [-0.05, 0) is 48.2 Å². The summed E-state index contributed by atoms with van der Waals surface area (Å²) < 4.78 is 5.22. The summed E-state index contributed by atoms with van der Waals surface area (Å²) >= 11 is 0. The number of nitrogens with zero attached hydrogens (tertiary/aromatic N) is 1. The van der Waals surface area contributed by atoms with Crippen molar-refractivity contribution >= 4 is 28.5 Å². The van der Waals surface area contributed by atoms with Crippen LogP contribution in [-0.2, 0) is 11.3 Å². The fourth-order valence-electron chi connectivity index (χ4n) is 3.69. The molecule has 1 fully saturated rings. The van der Waals surface area contributed by atoms with Gasteiger partial charge < -0.3 is 25.3 Å². The lowest BCUT2D eigenvalue weighted by Gasteiger charge is -2.18. The molecule has 29 heavy (non-hydrogen) atoms. The molecule has 0 saturated carbocycles. The number of anilines is 1. The Morgan fingerprint density at radius 2 is 2.10 bits per heavy atom. The van der Waals surface area contributed by atoms with Gasteiger partial charge in [0.2, 0.25) is 5.91 Å². The lowest BCUT2D eigenvalue weighted by atomic mass is 10.1. The highest BCUT2D eigenvalue weighted by atomic mass is 16.5. The highest BCUT2D eigenvalue weighted by Gasteiger charge is 2.31. The zero-order valence-corrected chi connectivity index (χ0v) is 16.5. The van der Waals surface area contributed by atoms with Gasteiger partial charge in [0, 0.05) is 42.5 Å². The summed E-state index contributed by atoms with van der Waals surface area (Å²) in [7, 11) is 1.59. The summed E-state index contributed by atoms with van der Waals surface area (Å²) in [5, 5.41) is 6.90. The number of urea groups is 1. The van der Waals surface area contributed by atoms with E-state index < -0.39 is 0 Å². The predicted octanol–water partition coefficient (Wildman–Crippen LogP) is 3.09. The van der Waals surface area contributed by atoms with Gasteiger partial charge in [0.1, 0.15) is 5.75 Å². The molecule has 1 saturated heterocycles. The first kappa shape index (κ1) is 18.9. The molecule has 1 atom stereocenters. The van der Waals surface area contributed by atoms with Crippen molar-refractivity contribution in [3.05, 3.63) is 59.8 Å². The van der Waals surface area contributed by atoms with Gasteiger partial charge in [0.15, 0.2) is 0 Å². The number of carbonyl (C=O) groups is 2. The molecule has 1 aliphatic heterocycles. The fraction of sp³-hybridized carbons (Fsp3) is 0.273. The quantitative estimate of drug-likeness (QED) is 0.624. The lowest BCUT2D eigenvalue weighted by Crippen LogP contribution is -2.43. The summed E-state index contributed by atoms with van der Waals surface area (Å²) in [5.74, 6) is 0.677. The van der Waals surface area contributed by atoms with Crippen LogP contribution in [0.25, 0.3) is 10.9 Å². The number of hydrogen-bond donors (Lipinski definition) is 3. The number of benzene rings is 2. The van der Waals surface area contributed by atoms with Crippen LogP contribution < -0.4 is 20.3 Å². The molecule has 2 aromatic carbocycles. The molecule has 0 radical (unpaired) electrons. The molecule has 0 bridgehead atoms. The van der Waals surface area contributed by atoms with Crippen LogP contribution in [0.4, 0.5) is 10.5 Å². The first-order chi connectivity index (χ1) is 14.0. The minimum absolute atomic E-state index is 0.0168. The Kier molecular flexibility index (Phi) is 5.12. The van der Waals surface area contributed by atoms with E-state index in [0.717, 1.165) is 27.8 Å². The molecule has 7 nitrogen and oxygen atoms in total. The van der Waals surface area contributed by atoms with Gasteiger partial charge >= 0.3 is 6.03 Å². The largest absolute Gasteiger partial charge is 0.497 e. The van der Waals surface area contributed by atoms with Crippen molar-refractivity contribution in [1.82, 2.24) is 15.6 Å². The average molecular weight is 392 g/mol. The molecule has 7 heteroatoms. The third-order valence-electron chi connectivity index (χ3n) is 5.10. The number of amides is 3. The van der Waals surface area contributed by atoms with Gasteiger partial charge in [-0.25, -0.2) is 4.79 Å². The van der Waals surface area contributed by atoms with Crippen LogP contribution in [0.1, 0.15) is 17.7 Å². The second-order valence-electron chi connectivity index (χ2n) is 7.31. The number of aryl methyl sites for hydroxylation is 1. The number of methoxy groups -OCH3 is 1. The molecular formula is C22H24N4O3. The molecule has 2 heterocycles. The molecule has 0 spiro atoms. The van der Waals surface area contributed by atoms with Crippen molar-refractivity contribution < 1.29 is 14.3 Å². The van der Waals surface area contributed by atoms with Crippen LogP contribution >= 0.6 is 0 Å². The van der Waals surface area contributed by atoms with Crippen molar-refractivity contribution in [3.63, 3.8) is 0 Å². The summed E-state index contributed by atoms with van der Waals surface area (Å²) in [6, 6.07) is 15.0. The molecule has 1 unspecified atom stereocenters. The third-order valence-corrected chi connectivity index (χ3v) is 5.10. The van der Waals surface area contributed by atoms with Gasteiger partial charge in [-0.3, -0.25) is 4.79 Å². The predicted molar refractivity (Wildman–Crippen MR) is 112 cm³/mol. The molecule has 1 aromatic heterocycles. The monoisotopic (exact) mass is 392 g/mol.